The predicted octanol–water partition coefficient (Wildman–Crippen LogP) is 2.38. The van der Waals surface area contributed by atoms with Crippen molar-refractivity contribution in [1.82, 2.24) is 10.5 Å². The van der Waals surface area contributed by atoms with Crippen LogP contribution in [-0.4, -0.2) is 17.7 Å². The molecule has 6 heteroatoms. The Labute approximate surface area is 115 Å². The summed E-state index contributed by atoms with van der Waals surface area (Å²) in [7, 11) is 0. The van der Waals surface area contributed by atoms with E-state index in [0.29, 0.717) is 5.76 Å². The summed E-state index contributed by atoms with van der Waals surface area (Å²) in [4.78, 5) is 11.7. The first-order valence-electron chi connectivity index (χ1n) is 6.15. The number of amides is 1. The highest BCUT2D eigenvalue weighted by atomic mass is 19.1. The van der Waals surface area contributed by atoms with Crippen LogP contribution in [0.1, 0.15) is 24.3 Å². The molecule has 0 saturated heterocycles. The van der Waals surface area contributed by atoms with Crippen molar-refractivity contribution < 1.29 is 18.4 Å². The first-order valence-corrected chi connectivity index (χ1v) is 6.15. The molecule has 1 aromatic heterocycles. The first-order chi connectivity index (χ1) is 9.54. The highest BCUT2D eigenvalue weighted by molar-refractivity contribution is 5.77. The number of hydrogen-bond donors (Lipinski definition) is 1. The second kappa shape index (κ2) is 6.18. The Balaban J connectivity index is 1.83. The normalized spacial score (nSPS) is 11.9. The molecule has 2 rings (SSSR count). The van der Waals surface area contributed by atoms with Gasteiger partial charge >= 0.3 is 0 Å². The van der Waals surface area contributed by atoms with Crippen molar-refractivity contribution in [1.29, 1.82) is 0 Å². The van der Waals surface area contributed by atoms with Gasteiger partial charge in [-0.1, -0.05) is 12.1 Å². The van der Waals surface area contributed by atoms with Gasteiger partial charge in [-0.05, 0) is 36.7 Å². The third kappa shape index (κ3) is 3.81. The first kappa shape index (κ1) is 14.0. The number of nitrogens with one attached hydrogen (secondary N) is 1. The fourth-order valence-corrected chi connectivity index (χ4v) is 1.67. The molecule has 0 unspecified atom stereocenters. The van der Waals surface area contributed by atoms with Crippen molar-refractivity contribution in [3.05, 3.63) is 47.5 Å². The van der Waals surface area contributed by atoms with Crippen molar-refractivity contribution in [3.8, 4) is 5.88 Å². The SMILES string of the molecule is Cc1cc(OCC(=O)N[C@H](C)c2ccc(F)cc2)no1. The Bertz CT molecular complexity index is 580. The van der Waals surface area contributed by atoms with Gasteiger partial charge in [0.2, 0.25) is 0 Å². The van der Waals surface area contributed by atoms with E-state index < -0.39 is 0 Å². The van der Waals surface area contributed by atoms with Crippen LogP contribution in [0, 0.1) is 12.7 Å². The molecular weight excluding hydrogens is 263 g/mol. The van der Waals surface area contributed by atoms with E-state index in [0.717, 1.165) is 5.56 Å². The van der Waals surface area contributed by atoms with Crippen molar-refractivity contribution in [3.63, 3.8) is 0 Å². The zero-order valence-electron chi connectivity index (χ0n) is 11.2. The fourth-order valence-electron chi connectivity index (χ4n) is 1.67. The molecule has 0 aliphatic heterocycles. The van der Waals surface area contributed by atoms with Crippen LogP contribution in [0.15, 0.2) is 34.9 Å². The fraction of sp³-hybridized carbons (Fsp3) is 0.286. The zero-order valence-corrected chi connectivity index (χ0v) is 11.2. The van der Waals surface area contributed by atoms with Gasteiger partial charge in [-0.2, -0.15) is 0 Å². The summed E-state index contributed by atoms with van der Waals surface area (Å²) >= 11 is 0. The summed E-state index contributed by atoms with van der Waals surface area (Å²) in [5.41, 5.74) is 0.817. The second-order valence-electron chi connectivity index (χ2n) is 4.41. The third-order valence-corrected chi connectivity index (χ3v) is 2.70. The maximum atomic E-state index is 12.8. The van der Waals surface area contributed by atoms with Crippen LogP contribution in [0.3, 0.4) is 0 Å². The summed E-state index contributed by atoms with van der Waals surface area (Å²) in [6.45, 7) is 3.39. The standard InChI is InChI=1S/C14H15FN2O3/c1-9-7-14(17-20-9)19-8-13(18)16-10(2)11-3-5-12(15)6-4-11/h3-7,10H,8H2,1-2H3,(H,16,18)/t10-/m1/s1. The average Bonchev–Trinajstić information content (AvgIpc) is 2.83. The number of hydrogen-bond acceptors (Lipinski definition) is 4. The van der Waals surface area contributed by atoms with E-state index in [1.165, 1.54) is 12.1 Å². The van der Waals surface area contributed by atoms with Gasteiger partial charge in [0.05, 0.1) is 6.04 Å². The lowest BCUT2D eigenvalue weighted by molar-refractivity contribution is -0.123. The number of aromatic nitrogens is 1. The molecule has 0 radical (unpaired) electrons. The summed E-state index contributed by atoms with van der Waals surface area (Å²) in [6, 6.07) is 7.33. The van der Waals surface area contributed by atoms with Gasteiger partial charge in [0, 0.05) is 6.07 Å². The molecule has 0 spiro atoms. The molecule has 0 fully saturated rings. The number of benzene rings is 1. The lowest BCUT2D eigenvalue weighted by Gasteiger charge is -2.14. The molecule has 106 valence electrons. The summed E-state index contributed by atoms with van der Waals surface area (Å²) < 4.78 is 22.8. The predicted molar refractivity (Wildman–Crippen MR) is 69.7 cm³/mol. The van der Waals surface area contributed by atoms with E-state index in [1.807, 2.05) is 6.92 Å². The minimum atomic E-state index is -0.308. The Morgan fingerprint density at radius 2 is 2.15 bits per heavy atom. The van der Waals surface area contributed by atoms with Crippen molar-refractivity contribution in [2.45, 2.75) is 19.9 Å². The molecule has 0 aliphatic rings. The van der Waals surface area contributed by atoms with E-state index in [4.69, 9.17) is 9.26 Å². The number of ether oxygens (including phenoxy) is 1. The molecule has 5 nitrogen and oxygen atoms in total. The molecule has 0 saturated carbocycles. The van der Waals surface area contributed by atoms with E-state index >= 15 is 0 Å². The van der Waals surface area contributed by atoms with Crippen LogP contribution in [0.5, 0.6) is 5.88 Å². The zero-order chi connectivity index (χ0) is 14.5. The molecular formula is C14H15FN2O3. The Morgan fingerprint density at radius 3 is 2.75 bits per heavy atom. The summed E-state index contributed by atoms with van der Waals surface area (Å²) in [5.74, 6) is 0.284. The Morgan fingerprint density at radius 1 is 1.45 bits per heavy atom. The van der Waals surface area contributed by atoms with Crippen LogP contribution < -0.4 is 10.1 Å². The second-order valence-corrected chi connectivity index (χ2v) is 4.41. The summed E-state index contributed by atoms with van der Waals surface area (Å²) in [6.07, 6.45) is 0. The van der Waals surface area contributed by atoms with E-state index in [-0.39, 0.29) is 30.3 Å². The molecule has 1 heterocycles. The Hall–Kier alpha value is -2.37. The van der Waals surface area contributed by atoms with Crippen molar-refractivity contribution in [2.24, 2.45) is 0 Å². The number of aryl methyl sites for hydroxylation is 1. The smallest absolute Gasteiger partial charge is 0.258 e. The highest BCUT2D eigenvalue weighted by Crippen LogP contribution is 2.13. The van der Waals surface area contributed by atoms with Gasteiger partial charge < -0.3 is 14.6 Å². The number of nitrogens with zero attached hydrogens (tertiary/aromatic N) is 1. The van der Waals surface area contributed by atoms with Gasteiger partial charge in [0.15, 0.2) is 6.61 Å². The van der Waals surface area contributed by atoms with Gasteiger partial charge in [-0.3, -0.25) is 4.79 Å². The number of halogens is 1. The lowest BCUT2D eigenvalue weighted by Crippen LogP contribution is -2.31. The van der Waals surface area contributed by atoms with Crippen LogP contribution in [0.25, 0.3) is 0 Å². The molecule has 20 heavy (non-hydrogen) atoms. The number of carbonyl (C=O) groups excluding carboxylic acids is 1. The molecule has 2 aromatic rings. The summed E-state index contributed by atoms with van der Waals surface area (Å²) in [5, 5.41) is 6.36. The van der Waals surface area contributed by atoms with Crippen molar-refractivity contribution >= 4 is 5.91 Å². The molecule has 1 N–H and O–H groups in total. The average molecular weight is 278 g/mol. The van der Waals surface area contributed by atoms with Gasteiger partial charge in [-0.25, -0.2) is 4.39 Å². The lowest BCUT2D eigenvalue weighted by atomic mass is 10.1. The van der Waals surface area contributed by atoms with E-state index in [2.05, 4.69) is 10.5 Å². The van der Waals surface area contributed by atoms with Crippen LogP contribution in [-0.2, 0) is 4.79 Å². The van der Waals surface area contributed by atoms with Gasteiger partial charge in [0.25, 0.3) is 11.8 Å². The van der Waals surface area contributed by atoms with Crippen LogP contribution >= 0.6 is 0 Å². The molecule has 1 atom stereocenters. The minimum absolute atomic E-state index is 0.155. The van der Waals surface area contributed by atoms with Crippen LogP contribution in [0.4, 0.5) is 4.39 Å². The molecule has 0 bridgehead atoms. The Kier molecular flexibility index (Phi) is 4.34. The van der Waals surface area contributed by atoms with E-state index in [1.54, 1.807) is 25.1 Å². The maximum Gasteiger partial charge on any atom is 0.258 e. The third-order valence-electron chi connectivity index (χ3n) is 2.70. The molecule has 1 aromatic carbocycles. The van der Waals surface area contributed by atoms with Gasteiger partial charge in [0.1, 0.15) is 11.6 Å². The number of carbonyl (C=O) groups is 1. The quantitative estimate of drug-likeness (QED) is 0.912. The topological polar surface area (TPSA) is 64.4 Å². The maximum absolute atomic E-state index is 12.8. The molecule has 1 amide bonds. The molecule has 0 aliphatic carbocycles. The highest BCUT2D eigenvalue weighted by Gasteiger charge is 2.11. The minimum Gasteiger partial charge on any atom is -0.465 e. The number of rotatable bonds is 5. The van der Waals surface area contributed by atoms with E-state index in [9.17, 15) is 9.18 Å². The van der Waals surface area contributed by atoms with Crippen molar-refractivity contribution in [2.75, 3.05) is 6.61 Å². The van der Waals surface area contributed by atoms with Gasteiger partial charge in [-0.15, -0.1) is 0 Å². The largest absolute Gasteiger partial charge is 0.465 e. The monoisotopic (exact) mass is 278 g/mol. The van der Waals surface area contributed by atoms with Crippen LogP contribution in [0.2, 0.25) is 0 Å².